The lowest BCUT2D eigenvalue weighted by Crippen LogP contribution is -2.52. The van der Waals surface area contributed by atoms with Gasteiger partial charge in [-0.05, 0) is 58.6 Å². The quantitative estimate of drug-likeness (QED) is 0.266. The number of rotatable bonds is 13. The van der Waals surface area contributed by atoms with Crippen molar-refractivity contribution in [2.24, 2.45) is 5.92 Å². The zero-order valence-electron chi connectivity index (χ0n) is 24.8. The molecule has 1 aromatic rings. The van der Waals surface area contributed by atoms with Gasteiger partial charge in [0.2, 0.25) is 17.7 Å². The van der Waals surface area contributed by atoms with E-state index >= 15 is 0 Å². The van der Waals surface area contributed by atoms with Crippen LogP contribution in [0.1, 0.15) is 83.9 Å². The molecule has 3 amide bonds. The van der Waals surface area contributed by atoms with Crippen molar-refractivity contribution in [2.75, 3.05) is 20.3 Å². The van der Waals surface area contributed by atoms with Crippen LogP contribution >= 0.6 is 0 Å². The van der Waals surface area contributed by atoms with Gasteiger partial charge in [-0.25, -0.2) is 0 Å². The molecule has 1 saturated heterocycles. The Morgan fingerprint density at radius 3 is 2.27 bits per heavy atom. The number of aryl methyl sites for hydroxylation is 1. The predicted molar refractivity (Wildman–Crippen MR) is 160 cm³/mol. The van der Waals surface area contributed by atoms with Gasteiger partial charge in [-0.3, -0.25) is 19.2 Å². The number of Topliss-reactive ketones (excluding diaryl/α,β-unsaturated/α-hetero) is 1. The maximum Gasteiger partial charge on any atom is 0.242 e. The lowest BCUT2D eigenvalue weighted by Gasteiger charge is -2.23. The van der Waals surface area contributed by atoms with Gasteiger partial charge in [-0.2, -0.15) is 0 Å². The Kier molecular flexibility index (Phi) is 12.6. The summed E-state index contributed by atoms with van der Waals surface area (Å²) in [6.45, 7) is 8.67. The number of hydrogen-bond acceptors (Lipinski definition) is 7. The molecule has 4 N–H and O–H groups in total. The standard InChI is InChI=1S/C22H37N3O6.C8H10O.4H2/c1-5-21(3,30)11-17(26)24-14(2)20(29)23-12-18(27)25-16(10-15-8-6-7-9-15)19(28)22(4)13-31-22;1-7-3-5-8(9-2)6-4-7;;;;/h14-16,30H,5-13H2,1-4H3,(H,23,29)(H,24,26)(H,25,27);3-6H,1-2H3;4*1H/t14-,16+,21+,22-;;;;;/m1...../s1. The number of ether oxygens (including phenoxy) is 2. The first-order valence-electron chi connectivity index (χ1n) is 14.2. The minimum absolute atomic E-state index is 0. The third-order valence-electron chi connectivity index (χ3n) is 7.55. The van der Waals surface area contributed by atoms with Gasteiger partial charge in [0.25, 0.3) is 0 Å². The first-order chi connectivity index (χ1) is 18.8. The van der Waals surface area contributed by atoms with Crippen molar-refractivity contribution in [3.63, 3.8) is 0 Å². The number of carbonyl (C=O) groups is 4. The van der Waals surface area contributed by atoms with Gasteiger partial charge in [0.1, 0.15) is 17.4 Å². The third kappa shape index (κ3) is 11.3. The molecule has 0 spiro atoms. The fourth-order valence-corrected chi connectivity index (χ4v) is 4.50. The summed E-state index contributed by atoms with van der Waals surface area (Å²) in [7, 11) is 1.67. The van der Waals surface area contributed by atoms with E-state index in [1.165, 1.54) is 12.5 Å². The van der Waals surface area contributed by atoms with Crippen LogP contribution in [0, 0.1) is 12.8 Å². The van der Waals surface area contributed by atoms with E-state index in [2.05, 4.69) is 22.9 Å². The van der Waals surface area contributed by atoms with Crippen LogP contribution < -0.4 is 20.7 Å². The average molecular weight is 570 g/mol. The zero-order chi connectivity index (χ0) is 29.9. The highest BCUT2D eigenvalue weighted by Gasteiger charge is 2.50. The highest BCUT2D eigenvalue weighted by molar-refractivity contribution is 5.97. The molecule has 10 heteroatoms. The first-order valence-corrected chi connectivity index (χ1v) is 14.2. The van der Waals surface area contributed by atoms with Crippen LogP contribution in [-0.2, 0) is 23.9 Å². The maximum absolute atomic E-state index is 12.8. The van der Waals surface area contributed by atoms with Crippen molar-refractivity contribution < 1.29 is 39.5 Å². The van der Waals surface area contributed by atoms with Crippen molar-refractivity contribution >= 4 is 23.5 Å². The molecule has 2 fully saturated rings. The Hall–Kier alpha value is -2.98. The zero-order valence-corrected chi connectivity index (χ0v) is 24.8. The van der Waals surface area contributed by atoms with Crippen molar-refractivity contribution in [1.82, 2.24) is 16.0 Å². The number of ketones is 1. The average Bonchev–Trinajstić information content (AvgIpc) is 3.45. The van der Waals surface area contributed by atoms with E-state index in [0.717, 1.165) is 31.4 Å². The smallest absolute Gasteiger partial charge is 0.242 e. The van der Waals surface area contributed by atoms with Crippen molar-refractivity contribution in [3.8, 4) is 5.75 Å². The molecule has 40 heavy (non-hydrogen) atoms. The highest BCUT2D eigenvalue weighted by atomic mass is 16.6. The molecular weight excluding hydrogens is 514 g/mol. The number of epoxide rings is 1. The molecule has 0 radical (unpaired) electrons. The summed E-state index contributed by atoms with van der Waals surface area (Å²) in [6.07, 6.45) is 5.26. The number of amides is 3. The summed E-state index contributed by atoms with van der Waals surface area (Å²) in [6, 6.07) is 6.47. The molecule has 0 bridgehead atoms. The summed E-state index contributed by atoms with van der Waals surface area (Å²) in [4.78, 5) is 49.4. The summed E-state index contributed by atoms with van der Waals surface area (Å²) >= 11 is 0. The molecule has 1 aromatic carbocycles. The van der Waals surface area contributed by atoms with Crippen LogP contribution in [0.3, 0.4) is 0 Å². The molecule has 10 nitrogen and oxygen atoms in total. The van der Waals surface area contributed by atoms with Gasteiger partial charge in [0.05, 0.1) is 38.3 Å². The normalized spacial score (nSPS) is 21.1. The van der Waals surface area contributed by atoms with Crippen LogP contribution in [0.5, 0.6) is 5.75 Å². The SMILES string of the molecule is CC[C@](C)(O)CC(=O)N[C@H](C)C(=O)NCC(=O)N[C@@H](CC1CCCC1)C(=O)[C@@]1(C)CO1.COc1ccc(C)cc1.[HH].[HH].[HH].[HH]. The summed E-state index contributed by atoms with van der Waals surface area (Å²) in [5.74, 6) is -0.221. The van der Waals surface area contributed by atoms with Crippen molar-refractivity contribution in [2.45, 2.75) is 103 Å². The van der Waals surface area contributed by atoms with E-state index in [0.29, 0.717) is 25.4 Å². The first kappa shape index (κ1) is 33.2. The lowest BCUT2D eigenvalue weighted by atomic mass is 9.91. The lowest BCUT2D eigenvalue weighted by molar-refractivity contribution is -0.133. The molecule has 3 rings (SSSR count). The number of benzene rings is 1. The molecule has 1 saturated carbocycles. The Balaban J connectivity index is -0.00000111. The summed E-state index contributed by atoms with van der Waals surface area (Å²) in [5.41, 5.74) is -0.697. The molecule has 4 atom stereocenters. The number of carbonyl (C=O) groups excluding carboxylic acids is 4. The second kappa shape index (κ2) is 15.1. The Morgan fingerprint density at radius 2 is 1.75 bits per heavy atom. The van der Waals surface area contributed by atoms with Gasteiger partial charge in [-0.1, -0.05) is 50.3 Å². The van der Waals surface area contributed by atoms with Gasteiger partial charge in [-0.15, -0.1) is 0 Å². The van der Waals surface area contributed by atoms with Crippen LogP contribution in [0.2, 0.25) is 0 Å². The fourth-order valence-electron chi connectivity index (χ4n) is 4.50. The van der Waals surface area contributed by atoms with E-state index < -0.39 is 41.0 Å². The Morgan fingerprint density at radius 1 is 1.15 bits per heavy atom. The molecule has 1 aliphatic heterocycles. The monoisotopic (exact) mass is 569 g/mol. The van der Waals surface area contributed by atoms with Crippen LogP contribution in [0.25, 0.3) is 0 Å². The molecule has 0 unspecified atom stereocenters. The Bertz CT molecular complexity index is 1020. The number of nitrogens with one attached hydrogen (secondary N) is 3. The van der Waals surface area contributed by atoms with E-state index in [9.17, 15) is 24.3 Å². The molecule has 0 aromatic heterocycles. The molecule has 2 aliphatic rings. The maximum atomic E-state index is 12.8. The van der Waals surface area contributed by atoms with Gasteiger partial charge >= 0.3 is 0 Å². The predicted octanol–water partition coefficient (Wildman–Crippen LogP) is 3.57. The van der Waals surface area contributed by atoms with E-state index in [-0.39, 0.29) is 24.5 Å². The minimum Gasteiger partial charge on any atom is -0.497 e. The van der Waals surface area contributed by atoms with E-state index in [1.807, 2.05) is 24.3 Å². The van der Waals surface area contributed by atoms with Crippen molar-refractivity contribution in [1.29, 1.82) is 0 Å². The summed E-state index contributed by atoms with van der Waals surface area (Å²) < 4.78 is 10.2. The molecular formula is C30H55N3O7. The second-order valence-corrected chi connectivity index (χ2v) is 11.4. The van der Waals surface area contributed by atoms with Gasteiger partial charge in [0.15, 0.2) is 5.78 Å². The topological polar surface area (TPSA) is 146 Å². The molecule has 232 valence electrons. The fraction of sp³-hybridized carbons (Fsp3) is 0.667. The Labute approximate surface area is 243 Å². The van der Waals surface area contributed by atoms with Crippen LogP contribution in [-0.4, -0.2) is 72.2 Å². The third-order valence-corrected chi connectivity index (χ3v) is 7.55. The van der Waals surface area contributed by atoms with Crippen LogP contribution in [0.4, 0.5) is 0 Å². The number of methoxy groups -OCH3 is 1. The minimum atomic E-state index is -1.14. The second-order valence-electron chi connectivity index (χ2n) is 11.4. The van der Waals surface area contributed by atoms with Crippen LogP contribution in [0.15, 0.2) is 24.3 Å². The van der Waals surface area contributed by atoms with E-state index in [1.54, 1.807) is 27.9 Å². The molecule has 1 aliphatic carbocycles. The number of aliphatic hydroxyl groups is 1. The highest BCUT2D eigenvalue weighted by Crippen LogP contribution is 2.33. The summed E-state index contributed by atoms with van der Waals surface area (Å²) in [5, 5.41) is 17.7. The van der Waals surface area contributed by atoms with Gasteiger partial charge in [0, 0.05) is 5.71 Å². The largest absolute Gasteiger partial charge is 0.497 e. The number of hydrogen-bond donors (Lipinski definition) is 4. The van der Waals surface area contributed by atoms with Crippen molar-refractivity contribution in [3.05, 3.63) is 29.8 Å². The van der Waals surface area contributed by atoms with Gasteiger partial charge < -0.3 is 30.5 Å². The van der Waals surface area contributed by atoms with E-state index in [4.69, 9.17) is 9.47 Å². The molecule has 1 heterocycles.